The molecule has 0 bridgehead atoms. The molecule has 3 aromatic heterocycles. The lowest BCUT2D eigenvalue weighted by atomic mass is 10.2. The minimum Gasteiger partial charge on any atom is -0.308 e. The van der Waals surface area contributed by atoms with Crippen molar-refractivity contribution in [3.8, 4) is 16.9 Å². The number of nitrogens with zero attached hydrogens (tertiary/aromatic N) is 4. The van der Waals surface area contributed by atoms with Crippen molar-refractivity contribution in [1.29, 1.82) is 0 Å². The minimum atomic E-state index is 0.711. The monoisotopic (exact) mass is 306 g/mol. The van der Waals surface area contributed by atoms with E-state index < -0.39 is 0 Å². The Morgan fingerprint density at radius 2 is 1.73 bits per heavy atom. The van der Waals surface area contributed by atoms with Crippen molar-refractivity contribution in [2.75, 3.05) is 0 Å². The molecule has 0 saturated heterocycles. The summed E-state index contributed by atoms with van der Waals surface area (Å²) in [6.45, 7) is 0. The first-order valence-corrected chi connectivity index (χ1v) is 7.18. The van der Waals surface area contributed by atoms with Gasteiger partial charge in [-0.05, 0) is 42.5 Å². The highest BCUT2D eigenvalue weighted by atomic mass is 35.5. The first kappa shape index (κ1) is 13.0. The number of hydrogen-bond acceptors (Lipinski definition) is 3. The van der Waals surface area contributed by atoms with Gasteiger partial charge in [-0.3, -0.25) is 4.98 Å². The van der Waals surface area contributed by atoms with Gasteiger partial charge in [0.15, 0.2) is 0 Å². The topological polar surface area (TPSA) is 43.6 Å². The van der Waals surface area contributed by atoms with E-state index in [1.165, 1.54) is 6.33 Å². The van der Waals surface area contributed by atoms with Crippen molar-refractivity contribution in [2.45, 2.75) is 0 Å². The summed E-state index contributed by atoms with van der Waals surface area (Å²) in [5.74, 6) is 0. The summed E-state index contributed by atoms with van der Waals surface area (Å²) in [6.07, 6.45) is 6.91. The average Bonchev–Trinajstić information content (AvgIpc) is 2.96. The fourth-order valence-corrected chi connectivity index (χ4v) is 2.67. The standard InChI is InChI=1S/C17H11ClN4/c18-13-3-5-14(6-4-13)22-16-2-1-7-21-15(16)8-17(22)12-9-19-11-20-10-12/h1-11H. The zero-order chi connectivity index (χ0) is 14.9. The molecule has 0 unspecified atom stereocenters. The van der Waals surface area contributed by atoms with E-state index in [-0.39, 0.29) is 0 Å². The third-order valence-electron chi connectivity index (χ3n) is 3.51. The summed E-state index contributed by atoms with van der Waals surface area (Å²) < 4.78 is 2.14. The molecule has 0 atom stereocenters. The molecule has 0 fully saturated rings. The van der Waals surface area contributed by atoms with Gasteiger partial charge < -0.3 is 4.57 Å². The first-order valence-electron chi connectivity index (χ1n) is 6.81. The van der Waals surface area contributed by atoms with Gasteiger partial charge in [-0.15, -0.1) is 0 Å². The normalized spacial score (nSPS) is 11.0. The molecule has 1 aromatic carbocycles. The Labute approximate surface area is 132 Å². The predicted octanol–water partition coefficient (Wildman–Crippen LogP) is 4.14. The van der Waals surface area contributed by atoms with Crippen LogP contribution in [-0.4, -0.2) is 19.5 Å². The van der Waals surface area contributed by atoms with Crippen LogP contribution < -0.4 is 0 Å². The van der Waals surface area contributed by atoms with E-state index in [9.17, 15) is 0 Å². The van der Waals surface area contributed by atoms with Crippen LogP contribution in [-0.2, 0) is 0 Å². The first-order chi connectivity index (χ1) is 10.8. The van der Waals surface area contributed by atoms with Gasteiger partial charge in [-0.1, -0.05) is 11.6 Å². The molecule has 4 nitrogen and oxygen atoms in total. The minimum absolute atomic E-state index is 0.711. The Balaban J connectivity index is 2.04. The molecule has 4 rings (SSSR count). The van der Waals surface area contributed by atoms with Gasteiger partial charge in [0, 0.05) is 34.9 Å². The van der Waals surface area contributed by atoms with Gasteiger partial charge in [0.05, 0.1) is 16.7 Å². The number of rotatable bonds is 2. The van der Waals surface area contributed by atoms with E-state index in [0.717, 1.165) is 28.0 Å². The molecule has 0 amide bonds. The van der Waals surface area contributed by atoms with Gasteiger partial charge in [0.2, 0.25) is 0 Å². The van der Waals surface area contributed by atoms with E-state index in [1.807, 2.05) is 42.5 Å². The summed E-state index contributed by atoms with van der Waals surface area (Å²) in [5.41, 5.74) is 4.92. The Morgan fingerprint density at radius 1 is 0.955 bits per heavy atom. The summed E-state index contributed by atoms with van der Waals surface area (Å²) in [4.78, 5) is 12.7. The van der Waals surface area contributed by atoms with Crippen LogP contribution >= 0.6 is 11.6 Å². The third-order valence-corrected chi connectivity index (χ3v) is 3.76. The van der Waals surface area contributed by atoms with Crippen LogP contribution in [0, 0.1) is 0 Å². The second-order valence-corrected chi connectivity index (χ2v) is 5.31. The Bertz CT molecular complexity index is 930. The highest BCUT2D eigenvalue weighted by molar-refractivity contribution is 6.30. The van der Waals surface area contributed by atoms with Crippen molar-refractivity contribution in [2.24, 2.45) is 0 Å². The summed E-state index contributed by atoms with van der Waals surface area (Å²) in [7, 11) is 0. The van der Waals surface area contributed by atoms with Crippen LogP contribution in [0.1, 0.15) is 0 Å². The number of halogens is 1. The van der Waals surface area contributed by atoms with Crippen molar-refractivity contribution < 1.29 is 0 Å². The molecule has 106 valence electrons. The third kappa shape index (κ3) is 2.14. The highest BCUT2D eigenvalue weighted by Gasteiger charge is 2.13. The van der Waals surface area contributed by atoms with E-state index in [2.05, 4.69) is 19.5 Å². The number of hydrogen-bond donors (Lipinski definition) is 0. The molecule has 0 aliphatic heterocycles. The Kier molecular flexibility index (Phi) is 3.09. The molecular formula is C17H11ClN4. The SMILES string of the molecule is Clc1ccc(-n2c(-c3cncnc3)cc3ncccc32)cc1. The molecule has 0 N–H and O–H groups in total. The Hall–Kier alpha value is -2.72. The molecule has 4 aromatic rings. The maximum absolute atomic E-state index is 6.01. The van der Waals surface area contributed by atoms with Gasteiger partial charge in [0.25, 0.3) is 0 Å². The molecule has 0 radical (unpaired) electrons. The van der Waals surface area contributed by atoms with Crippen LogP contribution in [0.2, 0.25) is 5.02 Å². The van der Waals surface area contributed by atoms with Crippen molar-refractivity contribution in [3.05, 3.63) is 72.4 Å². The van der Waals surface area contributed by atoms with Gasteiger partial charge in [0.1, 0.15) is 6.33 Å². The highest BCUT2D eigenvalue weighted by Crippen LogP contribution is 2.30. The summed E-state index contributed by atoms with van der Waals surface area (Å²) in [6, 6.07) is 13.8. The molecule has 22 heavy (non-hydrogen) atoms. The second kappa shape index (κ2) is 5.24. The number of aromatic nitrogens is 4. The van der Waals surface area contributed by atoms with Gasteiger partial charge in [-0.2, -0.15) is 0 Å². The van der Waals surface area contributed by atoms with E-state index in [1.54, 1.807) is 18.6 Å². The number of benzene rings is 1. The molecule has 0 saturated carbocycles. The van der Waals surface area contributed by atoms with E-state index in [4.69, 9.17) is 11.6 Å². The zero-order valence-electron chi connectivity index (χ0n) is 11.5. The van der Waals surface area contributed by atoms with Crippen LogP contribution in [0.5, 0.6) is 0 Å². The van der Waals surface area contributed by atoms with Crippen LogP contribution in [0.15, 0.2) is 67.4 Å². The molecule has 0 spiro atoms. The largest absolute Gasteiger partial charge is 0.308 e. The van der Waals surface area contributed by atoms with Crippen molar-refractivity contribution in [3.63, 3.8) is 0 Å². The number of pyridine rings is 1. The van der Waals surface area contributed by atoms with Crippen LogP contribution in [0.3, 0.4) is 0 Å². The maximum atomic E-state index is 6.01. The van der Waals surface area contributed by atoms with Crippen molar-refractivity contribution >= 4 is 22.6 Å². The second-order valence-electron chi connectivity index (χ2n) is 4.88. The van der Waals surface area contributed by atoms with E-state index >= 15 is 0 Å². The van der Waals surface area contributed by atoms with Crippen LogP contribution in [0.4, 0.5) is 0 Å². The summed E-state index contributed by atoms with van der Waals surface area (Å²) >= 11 is 6.01. The lowest BCUT2D eigenvalue weighted by Gasteiger charge is -2.10. The molecule has 0 aliphatic carbocycles. The lowest BCUT2D eigenvalue weighted by Crippen LogP contribution is -1.97. The maximum Gasteiger partial charge on any atom is 0.115 e. The van der Waals surface area contributed by atoms with Gasteiger partial charge >= 0.3 is 0 Å². The van der Waals surface area contributed by atoms with Gasteiger partial charge in [-0.25, -0.2) is 9.97 Å². The molecule has 0 aliphatic rings. The quantitative estimate of drug-likeness (QED) is 0.559. The average molecular weight is 307 g/mol. The fraction of sp³-hybridized carbons (Fsp3) is 0. The fourth-order valence-electron chi connectivity index (χ4n) is 2.55. The Morgan fingerprint density at radius 3 is 2.50 bits per heavy atom. The smallest absolute Gasteiger partial charge is 0.115 e. The number of fused-ring (bicyclic) bond motifs is 1. The molecular weight excluding hydrogens is 296 g/mol. The predicted molar refractivity (Wildman–Crippen MR) is 87.1 cm³/mol. The lowest BCUT2D eigenvalue weighted by molar-refractivity contribution is 1.11. The van der Waals surface area contributed by atoms with E-state index in [0.29, 0.717) is 5.02 Å². The molecule has 5 heteroatoms. The van der Waals surface area contributed by atoms with Crippen molar-refractivity contribution in [1.82, 2.24) is 19.5 Å². The summed E-state index contributed by atoms with van der Waals surface area (Å²) in [5, 5.41) is 0.711. The molecule has 3 heterocycles. The van der Waals surface area contributed by atoms with Crippen LogP contribution in [0.25, 0.3) is 28.0 Å². The zero-order valence-corrected chi connectivity index (χ0v) is 12.3.